The second-order valence-electron chi connectivity index (χ2n) is 5.31. The Morgan fingerprint density at radius 2 is 1.26 bits per heavy atom. The summed E-state index contributed by atoms with van der Waals surface area (Å²) in [4.78, 5) is 0. The molecule has 0 heterocycles. The molecular weight excluding hydrogens is 234 g/mol. The van der Waals surface area contributed by atoms with Crippen LogP contribution in [0.5, 0.6) is 0 Å². The molecule has 0 aromatic heterocycles. The van der Waals surface area contributed by atoms with Crippen molar-refractivity contribution in [1.29, 1.82) is 0 Å². The molecule has 0 saturated carbocycles. The van der Waals surface area contributed by atoms with Crippen molar-refractivity contribution in [3.63, 3.8) is 0 Å². The first-order chi connectivity index (χ1) is 9.34. The van der Waals surface area contributed by atoms with Gasteiger partial charge in [0.2, 0.25) is 0 Å². The van der Waals surface area contributed by atoms with Crippen molar-refractivity contribution in [2.75, 3.05) is 0 Å². The third-order valence-electron chi connectivity index (χ3n) is 3.61. The van der Waals surface area contributed by atoms with Gasteiger partial charge in [-0.25, -0.2) is 4.39 Å². The summed E-state index contributed by atoms with van der Waals surface area (Å²) in [7, 11) is 5.46. The van der Waals surface area contributed by atoms with Crippen molar-refractivity contribution in [2.45, 2.75) is 70.5 Å². The van der Waals surface area contributed by atoms with Gasteiger partial charge in [0.05, 0.1) is 7.85 Å². The van der Waals surface area contributed by atoms with E-state index in [9.17, 15) is 4.39 Å². The Bertz CT molecular complexity index is 325. The van der Waals surface area contributed by atoms with Crippen molar-refractivity contribution >= 4 is 7.85 Å². The number of halogens is 1. The molecule has 0 fully saturated rings. The van der Waals surface area contributed by atoms with Gasteiger partial charge in [0.15, 0.2) is 0 Å². The van der Waals surface area contributed by atoms with Crippen LogP contribution in [0.2, 0.25) is 6.32 Å². The highest BCUT2D eigenvalue weighted by molar-refractivity contribution is 6.08. The van der Waals surface area contributed by atoms with E-state index in [0.29, 0.717) is 0 Å². The maximum absolute atomic E-state index is 13.4. The smallest absolute Gasteiger partial charge is 0.126 e. The molecule has 104 valence electrons. The lowest BCUT2D eigenvalue weighted by Crippen LogP contribution is -1.90. The topological polar surface area (TPSA) is 0 Å². The molecule has 0 unspecified atom stereocenters. The molecule has 0 bridgehead atoms. The van der Waals surface area contributed by atoms with Gasteiger partial charge in [-0.2, -0.15) is 0 Å². The first-order valence-electron chi connectivity index (χ1n) is 7.78. The zero-order valence-corrected chi connectivity index (χ0v) is 12.0. The van der Waals surface area contributed by atoms with Crippen LogP contribution in [0.15, 0.2) is 24.3 Å². The summed E-state index contributed by atoms with van der Waals surface area (Å²) in [6.45, 7) is 0. The molecule has 1 rings (SSSR count). The fourth-order valence-electron chi connectivity index (χ4n) is 2.40. The highest BCUT2D eigenvalue weighted by Gasteiger charge is 1.99. The lowest BCUT2D eigenvalue weighted by molar-refractivity contribution is 0.557. The average Bonchev–Trinajstić information content (AvgIpc) is 2.43. The van der Waals surface area contributed by atoms with Gasteiger partial charge in [-0.1, -0.05) is 75.9 Å². The average molecular weight is 260 g/mol. The van der Waals surface area contributed by atoms with Crippen LogP contribution in [0.4, 0.5) is 4.39 Å². The Morgan fingerprint density at radius 3 is 1.84 bits per heavy atom. The van der Waals surface area contributed by atoms with Crippen LogP contribution in [-0.4, -0.2) is 7.85 Å². The summed E-state index contributed by atoms with van der Waals surface area (Å²) in [5.74, 6) is -0.0533. The third-order valence-corrected chi connectivity index (χ3v) is 3.61. The minimum atomic E-state index is -0.0533. The highest BCUT2D eigenvalue weighted by atomic mass is 19.1. The van der Waals surface area contributed by atoms with Crippen LogP contribution >= 0.6 is 0 Å². The Morgan fingerprint density at radius 1 is 0.737 bits per heavy atom. The second kappa shape index (κ2) is 11.1. The van der Waals surface area contributed by atoms with E-state index >= 15 is 0 Å². The molecule has 0 amide bonds. The minimum Gasteiger partial charge on any atom is -0.207 e. The SMILES string of the molecule is [B]CCCCCCCCCCCc1ccccc1F. The Labute approximate surface area is 119 Å². The zero-order chi connectivity index (χ0) is 13.8. The summed E-state index contributed by atoms with van der Waals surface area (Å²) in [6.07, 6.45) is 13.1. The second-order valence-corrected chi connectivity index (χ2v) is 5.31. The van der Waals surface area contributed by atoms with Crippen LogP contribution in [0, 0.1) is 5.82 Å². The van der Waals surface area contributed by atoms with Crippen molar-refractivity contribution < 1.29 is 4.39 Å². The monoisotopic (exact) mass is 260 g/mol. The molecule has 0 aliphatic carbocycles. The molecule has 2 radical (unpaired) electrons. The molecule has 0 aliphatic heterocycles. The van der Waals surface area contributed by atoms with Crippen molar-refractivity contribution in [3.05, 3.63) is 35.6 Å². The van der Waals surface area contributed by atoms with Gasteiger partial charge in [0.1, 0.15) is 5.82 Å². The van der Waals surface area contributed by atoms with E-state index in [1.807, 2.05) is 12.1 Å². The van der Waals surface area contributed by atoms with E-state index in [4.69, 9.17) is 7.85 Å². The molecule has 19 heavy (non-hydrogen) atoms. The highest BCUT2D eigenvalue weighted by Crippen LogP contribution is 2.13. The van der Waals surface area contributed by atoms with Gasteiger partial charge in [-0.15, -0.1) is 0 Å². The number of aryl methyl sites for hydroxylation is 1. The standard InChI is InChI=1S/C17H26BF/c18-15-11-7-5-3-1-2-4-6-8-12-16-13-9-10-14-17(16)19/h9-10,13-14H,1-8,11-12,15H2. The van der Waals surface area contributed by atoms with Crippen LogP contribution in [0.3, 0.4) is 0 Å². The number of hydrogen-bond donors (Lipinski definition) is 0. The largest absolute Gasteiger partial charge is 0.207 e. The predicted molar refractivity (Wildman–Crippen MR) is 82.2 cm³/mol. The van der Waals surface area contributed by atoms with E-state index in [-0.39, 0.29) is 5.82 Å². The van der Waals surface area contributed by atoms with E-state index in [1.165, 1.54) is 51.4 Å². The van der Waals surface area contributed by atoms with Gasteiger partial charge in [-0.05, 0) is 24.5 Å². The van der Waals surface area contributed by atoms with Crippen LogP contribution < -0.4 is 0 Å². The summed E-state index contributed by atoms with van der Waals surface area (Å²) < 4.78 is 13.4. The molecule has 0 N–H and O–H groups in total. The molecule has 2 heteroatoms. The molecule has 0 spiro atoms. The molecule has 1 aromatic rings. The van der Waals surface area contributed by atoms with Gasteiger partial charge >= 0.3 is 0 Å². The lowest BCUT2D eigenvalue weighted by atomic mass is 9.98. The normalized spacial score (nSPS) is 10.8. The predicted octanol–water partition coefficient (Wildman–Crippen LogP) is 5.47. The summed E-state index contributed by atoms with van der Waals surface area (Å²) in [5, 5.41) is 0. The van der Waals surface area contributed by atoms with Crippen molar-refractivity contribution in [1.82, 2.24) is 0 Å². The number of rotatable bonds is 11. The lowest BCUT2D eigenvalue weighted by Gasteiger charge is -2.04. The Kier molecular flexibility index (Phi) is 9.48. The molecule has 0 atom stereocenters. The van der Waals surface area contributed by atoms with E-state index in [1.54, 1.807) is 12.1 Å². The van der Waals surface area contributed by atoms with Gasteiger partial charge in [0, 0.05) is 0 Å². The third kappa shape index (κ3) is 8.08. The van der Waals surface area contributed by atoms with Gasteiger partial charge in [-0.3, -0.25) is 0 Å². The fourth-order valence-corrected chi connectivity index (χ4v) is 2.40. The van der Waals surface area contributed by atoms with Gasteiger partial charge < -0.3 is 0 Å². The quantitative estimate of drug-likeness (QED) is 0.366. The van der Waals surface area contributed by atoms with E-state index in [2.05, 4.69) is 0 Å². The van der Waals surface area contributed by atoms with Crippen molar-refractivity contribution in [2.24, 2.45) is 0 Å². The van der Waals surface area contributed by atoms with Gasteiger partial charge in [0.25, 0.3) is 0 Å². The minimum absolute atomic E-state index is 0.0533. The van der Waals surface area contributed by atoms with Crippen molar-refractivity contribution in [3.8, 4) is 0 Å². The Balaban J connectivity index is 1.90. The fraction of sp³-hybridized carbons (Fsp3) is 0.647. The number of hydrogen-bond acceptors (Lipinski definition) is 0. The van der Waals surface area contributed by atoms with E-state index < -0.39 is 0 Å². The summed E-state index contributed by atoms with van der Waals surface area (Å²) in [6, 6.07) is 7.12. The molecule has 0 aliphatic rings. The Hall–Kier alpha value is -0.785. The maximum atomic E-state index is 13.4. The zero-order valence-electron chi connectivity index (χ0n) is 12.0. The molecule has 1 aromatic carbocycles. The first-order valence-corrected chi connectivity index (χ1v) is 7.78. The molecule has 0 nitrogen and oxygen atoms in total. The first kappa shape index (κ1) is 16.3. The maximum Gasteiger partial charge on any atom is 0.126 e. The molecular formula is C17H26BF. The number of benzene rings is 1. The van der Waals surface area contributed by atoms with Crippen LogP contribution in [0.1, 0.15) is 63.4 Å². The molecule has 0 saturated heterocycles. The van der Waals surface area contributed by atoms with Crippen LogP contribution in [-0.2, 0) is 6.42 Å². The van der Waals surface area contributed by atoms with Crippen LogP contribution in [0.25, 0.3) is 0 Å². The van der Waals surface area contributed by atoms with E-state index in [0.717, 1.165) is 24.7 Å². The summed E-state index contributed by atoms with van der Waals surface area (Å²) in [5.41, 5.74) is 0.865. The summed E-state index contributed by atoms with van der Waals surface area (Å²) >= 11 is 0. The number of unbranched alkanes of at least 4 members (excludes halogenated alkanes) is 8.